The molecule has 0 heterocycles. The van der Waals surface area contributed by atoms with Crippen LogP contribution in [0.1, 0.15) is 25.3 Å². The normalized spacial score (nSPS) is 15.9. The summed E-state index contributed by atoms with van der Waals surface area (Å²) in [5, 5.41) is 11.8. The van der Waals surface area contributed by atoms with E-state index < -0.39 is 0 Å². The van der Waals surface area contributed by atoms with E-state index in [4.69, 9.17) is 5.26 Å². The molecule has 0 radical (unpaired) electrons. The van der Waals surface area contributed by atoms with Crippen molar-refractivity contribution < 1.29 is 4.79 Å². The maximum Gasteiger partial charge on any atom is 0.241 e. The van der Waals surface area contributed by atoms with Gasteiger partial charge in [0.25, 0.3) is 0 Å². The van der Waals surface area contributed by atoms with Gasteiger partial charge in [-0.05, 0) is 44.9 Å². The van der Waals surface area contributed by atoms with Gasteiger partial charge in [-0.25, -0.2) is 0 Å². The van der Waals surface area contributed by atoms with Crippen molar-refractivity contribution in [2.45, 2.75) is 25.8 Å². The summed E-state index contributed by atoms with van der Waals surface area (Å²) in [4.78, 5) is 14.2. The first-order chi connectivity index (χ1) is 9.11. The number of rotatable bonds is 5. The zero-order valence-electron chi connectivity index (χ0n) is 11.4. The molecule has 19 heavy (non-hydrogen) atoms. The minimum absolute atomic E-state index is 0.0640. The van der Waals surface area contributed by atoms with Crippen molar-refractivity contribution in [3.05, 3.63) is 29.8 Å². The van der Waals surface area contributed by atoms with Gasteiger partial charge in [-0.2, -0.15) is 5.26 Å². The number of nitriles is 1. The number of anilines is 1. The van der Waals surface area contributed by atoms with Crippen molar-refractivity contribution >= 4 is 11.6 Å². The van der Waals surface area contributed by atoms with E-state index in [2.05, 4.69) is 16.3 Å². The van der Waals surface area contributed by atoms with Gasteiger partial charge in [-0.3, -0.25) is 9.69 Å². The molecule has 1 aliphatic carbocycles. The quantitative estimate of drug-likeness (QED) is 0.880. The number of carbonyl (C=O) groups is 1. The standard InChI is InChI=1S/C15H19N3O/c1-11(18(2)10-12-7-8-12)15(19)17-14-6-4-3-5-13(14)9-16/h3-6,11-12H,7-8,10H2,1-2H3,(H,17,19). The van der Waals surface area contributed by atoms with Crippen molar-refractivity contribution in [1.29, 1.82) is 5.26 Å². The molecule has 0 bridgehead atoms. The molecule has 1 aliphatic rings. The maximum absolute atomic E-state index is 12.2. The number of nitrogens with one attached hydrogen (secondary N) is 1. The van der Waals surface area contributed by atoms with Gasteiger partial charge in [0.15, 0.2) is 0 Å². The summed E-state index contributed by atoms with van der Waals surface area (Å²) in [7, 11) is 1.97. The molecule has 1 aromatic rings. The molecule has 1 amide bonds. The Balaban J connectivity index is 1.97. The third-order valence-corrected chi connectivity index (χ3v) is 3.59. The van der Waals surface area contributed by atoms with E-state index in [0.717, 1.165) is 12.5 Å². The molecule has 1 aromatic carbocycles. The van der Waals surface area contributed by atoms with Gasteiger partial charge < -0.3 is 5.32 Å². The average molecular weight is 257 g/mol. The summed E-state index contributed by atoms with van der Waals surface area (Å²) < 4.78 is 0. The molecular weight excluding hydrogens is 238 g/mol. The maximum atomic E-state index is 12.2. The first-order valence-electron chi connectivity index (χ1n) is 6.62. The average Bonchev–Trinajstić information content (AvgIpc) is 3.22. The molecule has 0 aromatic heterocycles. The summed E-state index contributed by atoms with van der Waals surface area (Å²) in [6, 6.07) is 8.95. The Hall–Kier alpha value is -1.86. The summed E-state index contributed by atoms with van der Waals surface area (Å²) in [6.07, 6.45) is 2.55. The van der Waals surface area contributed by atoms with Gasteiger partial charge in [-0.1, -0.05) is 12.1 Å². The first kappa shape index (κ1) is 13.6. The van der Waals surface area contributed by atoms with Crippen LogP contribution in [-0.4, -0.2) is 30.4 Å². The fraction of sp³-hybridized carbons (Fsp3) is 0.467. The third-order valence-electron chi connectivity index (χ3n) is 3.59. The molecule has 100 valence electrons. The minimum atomic E-state index is -0.188. The fourth-order valence-electron chi connectivity index (χ4n) is 1.99. The molecule has 4 heteroatoms. The second kappa shape index (κ2) is 5.85. The van der Waals surface area contributed by atoms with E-state index in [1.54, 1.807) is 18.2 Å². The topological polar surface area (TPSA) is 56.1 Å². The highest BCUT2D eigenvalue weighted by Gasteiger charge is 2.27. The first-order valence-corrected chi connectivity index (χ1v) is 6.62. The van der Waals surface area contributed by atoms with E-state index in [1.165, 1.54) is 12.8 Å². The van der Waals surface area contributed by atoms with E-state index in [-0.39, 0.29) is 11.9 Å². The zero-order chi connectivity index (χ0) is 13.8. The second-order valence-electron chi connectivity index (χ2n) is 5.21. The van der Waals surface area contributed by atoms with Crippen LogP contribution in [0.2, 0.25) is 0 Å². The fourth-order valence-corrected chi connectivity index (χ4v) is 1.99. The lowest BCUT2D eigenvalue weighted by Gasteiger charge is -2.23. The summed E-state index contributed by atoms with van der Waals surface area (Å²) in [6.45, 7) is 2.86. The molecule has 1 atom stereocenters. The molecule has 2 rings (SSSR count). The Morgan fingerprint density at radius 2 is 2.21 bits per heavy atom. The van der Waals surface area contributed by atoms with Crippen LogP contribution in [0.3, 0.4) is 0 Å². The number of amides is 1. The highest BCUT2D eigenvalue weighted by atomic mass is 16.2. The van der Waals surface area contributed by atoms with Crippen molar-refractivity contribution in [3.8, 4) is 6.07 Å². The number of nitrogens with zero attached hydrogens (tertiary/aromatic N) is 2. The molecule has 1 saturated carbocycles. The molecule has 4 nitrogen and oxygen atoms in total. The van der Waals surface area contributed by atoms with Crippen LogP contribution in [-0.2, 0) is 4.79 Å². The SMILES string of the molecule is CC(C(=O)Nc1ccccc1C#N)N(C)CC1CC1. The lowest BCUT2D eigenvalue weighted by Crippen LogP contribution is -2.40. The van der Waals surface area contributed by atoms with E-state index in [9.17, 15) is 4.79 Å². The van der Waals surface area contributed by atoms with Crippen molar-refractivity contribution in [3.63, 3.8) is 0 Å². The molecule has 0 spiro atoms. The van der Waals surface area contributed by atoms with Gasteiger partial charge in [0.1, 0.15) is 6.07 Å². The van der Waals surface area contributed by atoms with Crippen LogP contribution in [0.4, 0.5) is 5.69 Å². The Bertz CT molecular complexity index is 502. The second-order valence-corrected chi connectivity index (χ2v) is 5.21. The molecule has 0 aliphatic heterocycles. The monoisotopic (exact) mass is 257 g/mol. The molecule has 1 N–H and O–H groups in total. The van der Waals surface area contributed by atoms with Gasteiger partial charge in [0, 0.05) is 6.54 Å². The lowest BCUT2D eigenvalue weighted by molar-refractivity contribution is -0.120. The molecule has 0 saturated heterocycles. The molecular formula is C15H19N3O. The third kappa shape index (κ3) is 3.55. The summed E-state index contributed by atoms with van der Waals surface area (Å²) in [5.74, 6) is 0.692. The van der Waals surface area contributed by atoms with Crippen molar-refractivity contribution in [2.75, 3.05) is 18.9 Å². The Kier molecular flexibility index (Phi) is 4.18. The van der Waals surface area contributed by atoms with Crippen LogP contribution < -0.4 is 5.32 Å². The predicted octanol–water partition coefficient (Wildman–Crippen LogP) is 2.23. The lowest BCUT2D eigenvalue weighted by atomic mass is 10.2. The van der Waals surface area contributed by atoms with Crippen LogP contribution in [0, 0.1) is 17.2 Å². The number of para-hydroxylation sites is 1. The highest BCUT2D eigenvalue weighted by Crippen LogP contribution is 2.29. The van der Waals surface area contributed by atoms with Crippen LogP contribution in [0.25, 0.3) is 0 Å². The number of benzene rings is 1. The van der Waals surface area contributed by atoms with Gasteiger partial charge in [-0.15, -0.1) is 0 Å². The summed E-state index contributed by atoms with van der Waals surface area (Å²) >= 11 is 0. The highest BCUT2D eigenvalue weighted by molar-refractivity contribution is 5.95. The van der Waals surface area contributed by atoms with E-state index in [0.29, 0.717) is 11.3 Å². The molecule has 1 fully saturated rings. The van der Waals surface area contributed by atoms with E-state index in [1.807, 2.05) is 20.0 Å². The minimum Gasteiger partial charge on any atom is -0.324 e. The van der Waals surface area contributed by atoms with E-state index >= 15 is 0 Å². The smallest absolute Gasteiger partial charge is 0.241 e. The van der Waals surface area contributed by atoms with Crippen LogP contribution >= 0.6 is 0 Å². The molecule has 1 unspecified atom stereocenters. The van der Waals surface area contributed by atoms with Gasteiger partial charge in [0.2, 0.25) is 5.91 Å². The van der Waals surface area contributed by atoms with Crippen molar-refractivity contribution in [1.82, 2.24) is 4.90 Å². The Labute approximate surface area is 114 Å². The van der Waals surface area contributed by atoms with Gasteiger partial charge >= 0.3 is 0 Å². The number of hydrogen-bond acceptors (Lipinski definition) is 3. The largest absolute Gasteiger partial charge is 0.324 e. The zero-order valence-corrected chi connectivity index (χ0v) is 11.4. The van der Waals surface area contributed by atoms with Crippen LogP contribution in [0.5, 0.6) is 0 Å². The number of hydrogen-bond donors (Lipinski definition) is 1. The predicted molar refractivity (Wildman–Crippen MR) is 74.6 cm³/mol. The number of likely N-dealkylation sites (N-methyl/N-ethyl adjacent to an activating group) is 1. The van der Waals surface area contributed by atoms with Crippen molar-refractivity contribution in [2.24, 2.45) is 5.92 Å². The van der Waals surface area contributed by atoms with Gasteiger partial charge in [0.05, 0.1) is 17.3 Å². The Morgan fingerprint density at radius 3 is 2.84 bits per heavy atom. The van der Waals surface area contributed by atoms with Crippen LogP contribution in [0.15, 0.2) is 24.3 Å². The number of carbonyl (C=O) groups excluding carboxylic acids is 1. The Morgan fingerprint density at radius 1 is 1.53 bits per heavy atom. The summed E-state index contributed by atoms with van der Waals surface area (Å²) in [5.41, 5.74) is 1.08.